The van der Waals surface area contributed by atoms with E-state index in [1.807, 2.05) is 25.5 Å². The van der Waals surface area contributed by atoms with E-state index in [1.54, 1.807) is 4.68 Å². The van der Waals surface area contributed by atoms with Crippen LogP contribution >= 0.6 is 0 Å². The van der Waals surface area contributed by atoms with Gasteiger partial charge in [0.25, 0.3) is 0 Å². The molecule has 5 heteroatoms. The highest BCUT2D eigenvalue weighted by Crippen LogP contribution is 2.19. The summed E-state index contributed by atoms with van der Waals surface area (Å²) in [6.07, 6.45) is 6.83. The summed E-state index contributed by atoms with van der Waals surface area (Å²) < 4.78 is 1.79. The quantitative estimate of drug-likeness (QED) is 0.866. The van der Waals surface area contributed by atoms with Crippen molar-refractivity contribution in [2.45, 2.75) is 33.1 Å². The fourth-order valence-electron chi connectivity index (χ4n) is 1.88. The van der Waals surface area contributed by atoms with E-state index in [-0.39, 0.29) is 0 Å². The third kappa shape index (κ3) is 3.53. The van der Waals surface area contributed by atoms with E-state index in [0.29, 0.717) is 0 Å². The van der Waals surface area contributed by atoms with Crippen LogP contribution in [0.15, 0.2) is 18.5 Å². The Bertz CT molecular complexity index is 532. The number of aryl methyl sites for hydroxylation is 2. The number of nitrogens with zero attached hydrogens (tertiary/aromatic N) is 4. The fourth-order valence-corrected chi connectivity index (χ4v) is 1.88. The summed E-state index contributed by atoms with van der Waals surface area (Å²) in [6.45, 7) is 5.21. The maximum absolute atomic E-state index is 4.61. The van der Waals surface area contributed by atoms with Gasteiger partial charge < -0.3 is 5.32 Å². The number of nitrogens with one attached hydrogen (secondary N) is 1. The van der Waals surface area contributed by atoms with E-state index in [0.717, 1.165) is 48.7 Å². The minimum Gasteiger partial charge on any atom is -0.370 e. The molecule has 2 rings (SSSR count). The van der Waals surface area contributed by atoms with E-state index in [4.69, 9.17) is 0 Å². The first-order valence-electron chi connectivity index (χ1n) is 6.83. The van der Waals surface area contributed by atoms with Gasteiger partial charge in [-0.3, -0.25) is 4.68 Å². The van der Waals surface area contributed by atoms with Crippen molar-refractivity contribution >= 4 is 5.82 Å². The summed E-state index contributed by atoms with van der Waals surface area (Å²) in [7, 11) is 1.91. The minimum atomic E-state index is 0.891. The van der Waals surface area contributed by atoms with Crippen molar-refractivity contribution in [2.24, 2.45) is 7.05 Å². The summed E-state index contributed by atoms with van der Waals surface area (Å²) in [5.74, 6) is 1.79. The normalized spacial score (nSPS) is 10.7. The van der Waals surface area contributed by atoms with Crippen molar-refractivity contribution in [1.29, 1.82) is 0 Å². The molecule has 0 fully saturated rings. The van der Waals surface area contributed by atoms with Crippen LogP contribution in [0.2, 0.25) is 0 Å². The van der Waals surface area contributed by atoms with E-state index < -0.39 is 0 Å². The standard InChI is InChI=1S/C14H21N5/c1-4-6-13-17-12(11-9-16-19(3)10-11)8-14(18-13)15-7-5-2/h8-10H,4-7H2,1-3H3,(H,15,17,18). The van der Waals surface area contributed by atoms with Crippen LogP contribution in [0.25, 0.3) is 11.3 Å². The monoisotopic (exact) mass is 259 g/mol. The van der Waals surface area contributed by atoms with Crippen molar-refractivity contribution in [1.82, 2.24) is 19.7 Å². The highest BCUT2D eigenvalue weighted by Gasteiger charge is 2.07. The first kappa shape index (κ1) is 13.5. The molecule has 0 aliphatic heterocycles. The lowest BCUT2D eigenvalue weighted by atomic mass is 10.2. The second-order valence-electron chi connectivity index (χ2n) is 4.63. The Hall–Kier alpha value is -1.91. The van der Waals surface area contributed by atoms with E-state index in [1.165, 1.54) is 0 Å². The zero-order valence-corrected chi connectivity index (χ0v) is 11.8. The van der Waals surface area contributed by atoms with Gasteiger partial charge in [0.05, 0.1) is 11.9 Å². The largest absolute Gasteiger partial charge is 0.370 e. The Kier molecular flexibility index (Phi) is 4.49. The van der Waals surface area contributed by atoms with Gasteiger partial charge in [-0.25, -0.2) is 9.97 Å². The predicted octanol–water partition coefficient (Wildman–Crippen LogP) is 2.65. The third-order valence-corrected chi connectivity index (χ3v) is 2.80. The number of anilines is 1. The first-order chi connectivity index (χ1) is 9.22. The highest BCUT2D eigenvalue weighted by molar-refractivity contribution is 5.60. The molecule has 19 heavy (non-hydrogen) atoms. The van der Waals surface area contributed by atoms with Gasteiger partial charge in [-0.2, -0.15) is 5.10 Å². The number of hydrogen-bond donors (Lipinski definition) is 1. The van der Waals surface area contributed by atoms with Crippen molar-refractivity contribution in [2.75, 3.05) is 11.9 Å². The molecule has 0 saturated heterocycles. The molecule has 0 radical (unpaired) electrons. The zero-order chi connectivity index (χ0) is 13.7. The van der Waals surface area contributed by atoms with Crippen LogP contribution in [-0.2, 0) is 13.5 Å². The Balaban J connectivity index is 2.33. The summed E-state index contributed by atoms with van der Waals surface area (Å²) in [5, 5.41) is 7.53. The average molecular weight is 259 g/mol. The summed E-state index contributed by atoms with van der Waals surface area (Å²) in [6, 6.07) is 1.99. The van der Waals surface area contributed by atoms with E-state index in [2.05, 4.69) is 34.2 Å². The smallest absolute Gasteiger partial charge is 0.131 e. The lowest BCUT2D eigenvalue weighted by molar-refractivity contribution is 0.768. The summed E-state index contributed by atoms with van der Waals surface area (Å²) in [4.78, 5) is 9.15. The van der Waals surface area contributed by atoms with Gasteiger partial charge in [0.2, 0.25) is 0 Å². The molecule has 2 aromatic rings. The second-order valence-corrected chi connectivity index (χ2v) is 4.63. The fraction of sp³-hybridized carbons (Fsp3) is 0.500. The highest BCUT2D eigenvalue weighted by atomic mass is 15.2. The topological polar surface area (TPSA) is 55.6 Å². The van der Waals surface area contributed by atoms with Crippen molar-refractivity contribution in [3.8, 4) is 11.3 Å². The van der Waals surface area contributed by atoms with Crippen molar-refractivity contribution in [3.63, 3.8) is 0 Å². The van der Waals surface area contributed by atoms with Crippen LogP contribution in [-0.4, -0.2) is 26.3 Å². The molecule has 1 N–H and O–H groups in total. The van der Waals surface area contributed by atoms with Gasteiger partial charge in [0.15, 0.2) is 0 Å². The van der Waals surface area contributed by atoms with Crippen LogP contribution in [0.1, 0.15) is 32.5 Å². The Morgan fingerprint density at radius 3 is 2.68 bits per heavy atom. The molecule has 0 spiro atoms. The molecule has 102 valence electrons. The van der Waals surface area contributed by atoms with Gasteiger partial charge in [-0.15, -0.1) is 0 Å². The van der Waals surface area contributed by atoms with Crippen molar-refractivity contribution in [3.05, 3.63) is 24.3 Å². The Morgan fingerprint density at radius 2 is 2.05 bits per heavy atom. The molecule has 2 heterocycles. The lowest BCUT2D eigenvalue weighted by Gasteiger charge is -2.08. The van der Waals surface area contributed by atoms with Gasteiger partial charge in [0.1, 0.15) is 11.6 Å². The molecular weight excluding hydrogens is 238 g/mol. The maximum Gasteiger partial charge on any atom is 0.131 e. The van der Waals surface area contributed by atoms with Crippen LogP contribution < -0.4 is 5.32 Å². The first-order valence-corrected chi connectivity index (χ1v) is 6.83. The van der Waals surface area contributed by atoms with E-state index in [9.17, 15) is 0 Å². The van der Waals surface area contributed by atoms with Gasteiger partial charge in [0, 0.05) is 37.8 Å². The summed E-state index contributed by atoms with van der Waals surface area (Å²) >= 11 is 0. The molecule has 0 aromatic carbocycles. The molecule has 2 aromatic heterocycles. The number of hydrogen-bond acceptors (Lipinski definition) is 4. The second kappa shape index (κ2) is 6.31. The molecule has 0 unspecified atom stereocenters. The van der Waals surface area contributed by atoms with Crippen LogP contribution in [0.3, 0.4) is 0 Å². The molecule has 0 bridgehead atoms. The molecule has 5 nitrogen and oxygen atoms in total. The molecule has 0 atom stereocenters. The molecule has 0 aliphatic rings. The van der Waals surface area contributed by atoms with Gasteiger partial charge in [-0.05, 0) is 12.8 Å². The Labute approximate surface area is 114 Å². The Morgan fingerprint density at radius 1 is 1.21 bits per heavy atom. The van der Waals surface area contributed by atoms with Gasteiger partial charge in [-0.1, -0.05) is 13.8 Å². The van der Waals surface area contributed by atoms with Crippen LogP contribution in [0.5, 0.6) is 0 Å². The zero-order valence-electron chi connectivity index (χ0n) is 11.8. The predicted molar refractivity (Wildman–Crippen MR) is 77.0 cm³/mol. The number of rotatable bonds is 6. The SMILES string of the molecule is CCCNc1cc(-c2cnn(C)c2)nc(CCC)n1. The molecule has 0 amide bonds. The van der Waals surface area contributed by atoms with Crippen molar-refractivity contribution < 1.29 is 0 Å². The average Bonchev–Trinajstić information content (AvgIpc) is 2.83. The maximum atomic E-state index is 4.61. The third-order valence-electron chi connectivity index (χ3n) is 2.80. The summed E-state index contributed by atoms with van der Waals surface area (Å²) in [5.41, 5.74) is 1.96. The minimum absolute atomic E-state index is 0.891. The van der Waals surface area contributed by atoms with Crippen LogP contribution in [0.4, 0.5) is 5.82 Å². The molecule has 0 saturated carbocycles. The lowest BCUT2D eigenvalue weighted by Crippen LogP contribution is -2.06. The molecule has 0 aliphatic carbocycles. The number of aromatic nitrogens is 4. The van der Waals surface area contributed by atoms with E-state index >= 15 is 0 Å². The van der Waals surface area contributed by atoms with Crippen LogP contribution in [0, 0.1) is 0 Å². The van der Waals surface area contributed by atoms with Gasteiger partial charge >= 0.3 is 0 Å². The molecular formula is C14H21N5.